The van der Waals surface area contributed by atoms with Crippen LogP contribution >= 0.6 is 0 Å². The molecule has 1 aromatic rings. The SMILES string of the molecule is CCC(C)=C1CC/C=C/CCC1=Nc1cc2c(cc1C)C(=O)N(CC(N)=O)C2=O. The van der Waals surface area contributed by atoms with Crippen LogP contribution in [0.1, 0.15) is 72.2 Å². The van der Waals surface area contributed by atoms with Gasteiger partial charge in [0.1, 0.15) is 6.54 Å². The van der Waals surface area contributed by atoms with Crippen LogP contribution in [0.15, 0.2) is 40.4 Å². The number of hydrogen-bond donors (Lipinski definition) is 1. The second kappa shape index (κ2) is 8.55. The highest BCUT2D eigenvalue weighted by molar-refractivity contribution is 6.23. The minimum absolute atomic E-state index is 0.282. The molecule has 3 rings (SSSR count). The molecule has 1 aliphatic heterocycles. The summed E-state index contributed by atoms with van der Waals surface area (Å²) < 4.78 is 0. The topological polar surface area (TPSA) is 92.8 Å². The zero-order chi connectivity index (χ0) is 21.1. The lowest BCUT2D eigenvalue weighted by molar-refractivity contribution is -0.118. The first-order valence-electron chi connectivity index (χ1n) is 10.0. The predicted molar refractivity (Wildman–Crippen MR) is 113 cm³/mol. The van der Waals surface area contributed by atoms with Crippen molar-refractivity contribution >= 4 is 29.1 Å². The first kappa shape index (κ1) is 20.7. The maximum absolute atomic E-state index is 12.6. The van der Waals surface area contributed by atoms with Gasteiger partial charge in [-0.15, -0.1) is 0 Å². The number of nitrogens with two attached hydrogens (primary N) is 1. The van der Waals surface area contributed by atoms with E-state index in [9.17, 15) is 14.4 Å². The molecule has 6 nitrogen and oxygen atoms in total. The van der Waals surface area contributed by atoms with Crippen molar-refractivity contribution in [1.82, 2.24) is 4.90 Å². The summed E-state index contributed by atoms with van der Waals surface area (Å²) in [6, 6.07) is 3.36. The summed E-state index contributed by atoms with van der Waals surface area (Å²) in [7, 11) is 0. The quantitative estimate of drug-likeness (QED) is 0.619. The number of carbonyl (C=O) groups excluding carboxylic acids is 3. The summed E-state index contributed by atoms with van der Waals surface area (Å²) in [6.07, 6.45) is 9.07. The molecule has 0 unspecified atom stereocenters. The summed E-state index contributed by atoms with van der Waals surface area (Å²) in [4.78, 5) is 42.2. The van der Waals surface area contributed by atoms with Crippen molar-refractivity contribution in [2.75, 3.05) is 6.54 Å². The van der Waals surface area contributed by atoms with E-state index in [1.54, 1.807) is 12.1 Å². The van der Waals surface area contributed by atoms with Gasteiger partial charge in [-0.25, -0.2) is 0 Å². The molecule has 152 valence electrons. The smallest absolute Gasteiger partial charge is 0.262 e. The Morgan fingerprint density at radius 1 is 1.10 bits per heavy atom. The summed E-state index contributed by atoms with van der Waals surface area (Å²) in [5.41, 5.74) is 10.9. The second-order valence-corrected chi connectivity index (χ2v) is 7.57. The van der Waals surface area contributed by atoms with Gasteiger partial charge in [0, 0.05) is 5.71 Å². The molecular weight excluding hydrogens is 366 g/mol. The van der Waals surface area contributed by atoms with Gasteiger partial charge in [0.2, 0.25) is 5.91 Å². The van der Waals surface area contributed by atoms with Gasteiger partial charge >= 0.3 is 0 Å². The fraction of sp³-hybridized carbons (Fsp3) is 0.391. The van der Waals surface area contributed by atoms with Crippen LogP contribution < -0.4 is 5.73 Å². The van der Waals surface area contributed by atoms with Gasteiger partial charge in [0.15, 0.2) is 0 Å². The Hall–Kier alpha value is -3.02. The maximum atomic E-state index is 12.6. The lowest BCUT2D eigenvalue weighted by atomic mass is 9.92. The molecule has 0 aromatic heterocycles. The van der Waals surface area contributed by atoms with Gasteiger partial charge in [-0.2, -0.15) is 0 Å². The highest BCUT2D eigenvalue weighted by Gasteiger charge is 2.37. The highest BCUT2D eigenvalue weighted by atomic mass is 16.2. The number of benzene rings is 1. The van der Waals surface area contributed by atoms with Gasteiger partial charge in [0.25, 0.3) is 11.8 Å². The molecule has 29 heavy (non-hydrogen) atoms. The first-order chi connectivity index (χ1) is 13.8. The van der Waals surface area contributed by atoms with Gasteiger partial charge in [0.05, 0.1) is 16.8 Å². The Balaban J connectivity index is 2.05. The predicted octanol–water partition coefficient (Wildman–Crippen LogP) is 4.01. The average molecular weight is 393 g/mol. The van der Waals surface area contributed by atoms with E-state index < -0.39 is 24.3 Å². The highest BCUT2D eigenvalue weighted by Crippen LogP contribution is 2.32. The van der Waals surface area contributed by atoms with Crippen LogP contribution in [-0.4, -0.2) is 34.9 Å². The lowest BCUT2D eigenvalue weighted by Crippen LogP contribution is -2.37. The number of rotatable bonds is 4. The van der Waals surface area contributed by atoms with Gasteiger partial charge in [-0.05, 0) is 69.2 Å². The van der Waals surface area contributed by atoms with Crippen LogP contribution in [0.2, 0.25) is 0 Å². The minimum Gasteiger partial charge on any atom is -0.368 e. The van der Waals surface area contributed by atoms with E-state index in [-0.39, 0.29) is 5.56 Å². The van der Waals surface area contributed by atoms with Gasteiger partial charge in [-0.1, -0.05) is 24.6 Å². The Labute approximate surface area is 171 Å². The molecule has 1 aliphatic carbocycles. The molecule has 0 saturated heterocycles. The van der Waals surface area contributed by atoms with Crippen LogP contribution in [-0.2, 0) is 4.79 Å². The summed E-state index contributed by atoms with van der Waals surface area (Å²) in [5, 5.41) is 0. The number of primary amides is 1. The van der Waals surface area contributed by atoms with E-state index in [1.807, 2.05) is 6.92 Å². The third-order valence-corrected chi connectivity index (χ3v) is 5.53. The number of carbonyl (C=O) groups is 3. The number of fused-ring (bicyclic) bond motifs is 1. The van der Waals surface area contributed by atoms with Crippen molar-refractivity contribution in [3.8, 4) is 0 Å². The fourth-order valence-corrected chi connectivity index (χ4v) is 3.77. The van der Waals surface area contributed by atoms with Crippen LogP contribution in [0.25, 0.3) is 0 Å². The standard InChI is InChI=1S/C23H27N3O3/c1-4-14(2)16-9-7-5-6-8-10-19(16)25-20-12-18-17(11-15(20)3)22(28)26(23(18)29)13-21(24)27/h5-6,11-12H,4,7-10,13H2,1-3H3,(H2,24,27)/b6-5+,16-14?,25-19?. The molecule has 0 radical (unpaired) electrons. The molecule has 2 N–H and O–H groups in total. The number of imide groups is 1. The zero-order valence-corrected chi connectivity index (χ0v) is 17.2. The molecule has 0 saturated carbocycles. The van der Waals surface area contributed by atoms with E-state index in [2.05, 4.69) is 26.0 Å². The third kappa shape index (κ3) is 4.21. The fourth-order valence-electron chi connectivity index (χ4n) is 3.77. The number of aryl methyl sites for hydroxylation is 1. The van der Waals surface area contributed by atoms with E-state index in [4.69, 9.17) is 10.7 Å². The molecule has 3 amide bonds. The normalized spacial score (nSPS) is 21.1. The molecule has 1 heterocycles. The van der Waals surface area contributed by atoms with E-state index in [1.165, 1.54) is 11.1 Å². The summed E-state index contributed by atoms with van der Waals surface area (Å²) >= 11 is 0. The lowest BCUT2D eigenvalue weighted by Gasteiger charge is -2.16. The number of hydrogen-bond acceptors (Lipinski definition) is 4. The van der Waals surface area contributed by atoms with Crippen molar-refractivity contribution in [2.24, 2.45) is 10.7 Å². The maximum Gasteiger partial charge on any atom is 0.262 e. The van der Waals surface area contributed by atoms with Crippen molar-refractivity contribution in [2.45, 2.75) is 52.9 Å². The summed E-state index contributed by atoms with van der Waals surface area (Å²) in [5.74, 6) is -1.69. The molecular formula is C23H27N3O3. The average Bonchev–Trinajstić information content (AvgIpc) is 2.87. The monoisotopic (exact) mass is 393 g/mol. The largest absolute Gasteiger partial charge is 0.368 e. The van der Waals surface area contributed by atoms with E-state index in [0.717, 1.165) is 48.3 Å². The number of aliphatic imine (C=N–C) groups is 1. The van der Waals surface area contributed by atoms with Gasteiger partial charge in [-0.3, -0.25) is 24.3 Å². The Kier molecular flexibility index (Phi) is 6.11. The summed E-state index contributed by atoms with van der Waals surface area (Å²) in [6.45, 7) is 5.76. The Morgan fingerprint density at radius 3 is 2.34 bits per heavy atom. The number of allylic oxidation sites excluding steroid dienone is 4. The third-order valence-electron chi connectivity index (χ3n) is 5.53. The van der Waals surface area contributed by atoms with Crippen LogP contribution in [0, 0.1) is 6.92 Å². The molecule has 0 atom stereocenters. The second-order valence-electron chi connectivity index (χ2n) is 7.57. The zero-order valence-electron chi connectivity index (χ0n) is 17.2. The molecule has 0 fully saturated rings. The van der Waals surface area contributed by atoms with Crippen molar-refractivity contribution in [3.05, 3.63) is 52.1 Å². The Morgan fingerprint density at radius 2 is 1.72 bits per heavy atom. The van der Waals surface area contributed by atoms with Crippen LogP contribution in [0.5, 0.6) is 0 Å². The van der Waals surface area contributed by atoms with Crippen molar-refractivity contribution in [1.29, 1.82) is 0 Å². The first-order valence-corrected chi connectivity index (χ1v) is 10.0. The molecule has 2 aliphatic rings. The van der Waals surface area contributed by atoms with E-state index in [0.29, 0.717) is 11.3 Å². The molecule has 1 aromatic carbocycles. The molecule has 0 spiro atoms. The molecule has 0 bridgehead atoms. The number of amides is 3. The van der Waals surface area contributed by atoms with E-state index >= 15 is 0 Å². The molecule has 6 heteroatoms. The minimum atomic E-state index is -0.718. The van der Waals surface area contributed by atoms with Crippen molar-refractivity contribution in [3.63, 3.8) is 0 Å². The van der Waals surface area contributed by atoms with Crippen LogP contribution in [0.4, 0.5) is 5.69 Å². The van der Waals surface area contributed by atoms with Crippen molar-refractivity contribution < 1.29 is 14.4 Å². The Bertz CT molecular complexity index is 970. The van der Waals surface area contributed by atoms with Crippen LogP contribution in [0.3, 0.4) is 0 Å². The number of nitrogens with zero attached hydrogens (tertiary/aromatic N) is 2. The van der Waals surface area contributed by atoms with Gasteiger partial charge < -0.3 is 5.73 Å².